The predicted molar refractivity (Wildman–Crippen MR) is 56.0 cm³/mol. The van der Waals surface area contributed by atoms with E-state index >= 15 is 0 Å². The first-order chi connectivity index (χ1) is 6.15. The zero-order valence-corrected chi connectivity index (χ0v) is 8.38. The molecule has 0 amide bonds. The molecule has 0 bridgehead atoms. The minimum Gasteiger partial charge on any atom is -0.388 e. The molecule has 13 heavy (non-hydrogen) atoms. The SMILES string of the molecule is C=CCC(O)c1ccc(C)cc1Cl. The molecular weight excluding hydrogens is 184 g/mol. The molecule has 70 valence electrons. The summed E-state index contributed by atoms with van der Waals surface area (Å²) in [7, 11) is 0. The molecule has 1 N–H and O–H groups in total. The number of hydrogen-bond donors (Lipinski definition) is 1. The van der Waals surface area contributed by atoms with Crippen LogP contribution in [-0.4, -0.2) is 5.11 Å². The summed E-state index contributed by atoms with van der Waals surface area (Å²) in [4.78, 5) is 0. The lowest BCUT2D eigenvalue weighted by atomic mass is 10.1. The zero-order valence-electron chi connectivity index (χ0n) is 7.63. The van der Waals surface area contributed by atoms with Gasteiger partial charge in [-0.2, -0.15) is 0 Å². The van der Waals surface area contributed by atoms with Crippen molar-refractivity contribution in [1.82, 2.24) is 0 Å². The van der Waals surface area contributed by atoms with Gasteiger partial charge in [-0.05, 0) is 30.5 Å². The first-order valence-corrected chi connectivity index (χ1v) is 4.58. The van der Waals surface area contributed by atoms with Crippen molar-refractivity contribution in [2.45, 2.75) is 19.4 Å². The van der Waals surface area contributed by atoms with Gasteiger partial charge in [0, 0.05) is 5.02 Å². The molecule has 0 fully saturated rings. The molecule has 1 unspecified atom stereocenters. The van der Waals surface area contributed by atoms with E-state index < -0.39 is 6.10 Å². The Balaban J connectivity index is 2.94. The molecule has 0 spiro atoms. The van der Waals surface area contributed by atoms with E-state index in [-0.39, 0.29) is 0 Å². The number of aliphatic hydroxyl groups excluding tert-OH is 1. The number of rotatable bonds is 3. The average molecular weight is 197 g/mol. The zero-order chi connectivity index (χ0) is 9.84. The van der Waals surface area contributed by atoms with Gasteiger partial charge in [-0.25, -0.2) is 0 Å². The number of hydrogen-bond acceptors (Lipinski definition) is 1. The highest BCUT2D eigenvalue weighted by molar-refractivity contribution is 6.31. The smallest absolute Gasteiger partial charge is 0.0838 e. The predicted octanol–water partition coefficient (Wildman–Crippen LogP) is 3.26. The Bertz CT molecular complexity index is 307. The Labute approximate surface area is 83.7 Å². The van der Waals surface area contributed by atoms with Crippen molar-refractivity contribution >= 4 is 11.6 Å². The van der Waals surface area contributed by atoms with Crippen LogP contribution in [0.4, 0.5) is 0 Å². The Hall–Kier alpha value is -0.790. The topological polar surface area (TPSA) is 20.2 Å². The minimum atomic E-state index is -0.536. The van der Waals surface area contributed by atoms with E-state index in [0.717, 1.165) is 11.1 Å². The van der Waals surface area contributed by atoms with Gasteiger partial charge < -0.3 is 5.11 Å². The van der Waals surface area contributed by atoms with E-state index in [2.05, 4.69) is 6.58 Å². The first-order valence-electron chi connectivity index (χ1n) is 4.20. The molecule has 0 aliphatic carbocycles. The lowest BCUT2D eigenvalue weighted by Crippen LogP contribution is -1.96. The molecule has 0 saturated carbocycles. The van der Waals surface area contributed by atoms with Crippen LogP contribution in [0.1, 0.15) is 23.7 Å². The summed E-state index contributed by atoms with van der Waals surface area (Å²) in [5.74, 6) is 0. The van der Waals surface area contributed by atoms with Crippen molar-refractivity contribution < 1.29 is 5.11 Å². The first kappa shape index (κ1) is 10.3. The van der Waals surface area contributed by atoms with Crippen LogP contribution in [0, 0.1) is 6.92 Å². The Morgan fingerprint density at radius 1 is 1.62 bits per heavy atom. The van der Waals surface area contributed by atoms with Crippen molar-refractivity contribution in [2.75, 3.05) is 0 Å². The third-order valence-electron chi connectivity index (χ3n) is 1.90. The Morgan fingerprint density at radius 2 is 2.31 bits per heavy atom. The van der Waals surface area contributed by atoms with E-state index in [0.29, 0.717) is 11.4 Å². The number of aliphatic hydroxyl groups is 1. The van der Waals surface area contributed by atoms with Crippen molar-refractivity contribution in [1.29, 1.82) is 0 Å². The van der Waals surface area contributed by atoms with Gasteiger partial charge in [0.15, 0.2) is 0 Å². The molecule has 0 aliphatic heterocycles. The molecule has 0 aromatic heterocycles. The maximum Gasteiger partial charge on any atom is 0.0838 e. The van der Waals surface area contributed by atoms with Crippen LogP contribution in [0.3, 0.4) is 0 Å². The summed E-state index contributed by atoms with van der Waals surface area (Å²) in [6.45, 7) is 5.54. The number of halogens is 1. The van der Waals surface area contributed by atoms with E-state index in [1.54, 1.807) is 6.08 Å². The molecule has 0 heterocycles. The van der Waals surface area contributed by atoms with Gasteiger partial charge in [0.1, 0.15) is 0 Å². The molecule has 0 radical (unpaired) electrons. The standard InChI is InChI=1S/C11H13ClO/c1-3-4-11(13)9-6-5-8(2)7-10(9)12/h3,5-7,11,13H,1,4H2,2H3. The van der Waals surface area contributed by atoms with E-state index in [1.165, 1.54) is 0 Å². The molecule has 1 atom stereocenters. The lowest BCUT2D eigenvalue weighted by molar-refractivity contribution is 0.182. The fraction of sp³-hybridized carbons (Fsp3) is 0.273. The van der Waals surface area contributed by atoms with Crippen molar-refractivity contribution in [2.24, 2.45) is 0 Å². The van der Waals surface area contributed by atoms with Crippen LogP contribution >= 0.6 is 11.6 Å². The Kier molecular flexibility index (Phi) is 3.52. The highest BCUT2D eigenvalue weighted by Crippen LogP contribution is 2.26. The van der Waals surface area contributed by atoms with Gasteiger partial charge in [-0.15, -0.1) is 6.58 Å². The maximum atomic E-state index is 9.64. The van der Waals surface area contributed by atoms with E-state index in [4.69, 9.17) is 11.6 Å². The third kappa shape index (κ3) is 2.58. The summed E-state index contributed by atoms with van der Waals surface area (Å²) < 4.78 is 0. The minimum absolute atomic E-state index is 0.531. The van der Waals surface area contributed by atoms with Crippen molar-refractivity contribution in [3.8, 4) is 0 Å². The van der Waals surface area contributed by atoms with Gasteiger partial charge in [0.2, 0.25) is 0 Å². The van der Waals surface area contributed by atoms with Gasteiger partial charge in [0.05, 0.1) is 6.10 Å². The van der Waals surface area contributed by atoms with Gasteiger partial charge >= 0.3 is 0 Å². The van der Waals surface area contributed by atoms with E-state index in [1.807, 2.05) is 25.1 Å². The lowest BCUT2D eigenvalue weighted by Gasteiger charge is -2.10. The van der Waals surface area contributed by atoms with Gasteiger partial charge in [0.25, 0.3) is 0 Å². The summed E-state index contributed by atoms with van der Waals surface area (Å²) in [5, 5.41) is 10.3. The number of benzene rings is 1. The molecule has 1 nitrogen and oxygen atoms in total. The Morgan fingerprint density at radius 3 is 2.85 bits per heavy atom. The van der Waals surface area contributed by atoms with Crippen LogP contribution in [0.2, 0.25) is 5.02 Å². The maximum absolute atomic E-state index is 9.64. The second kappa shape index (κ2) is 4.45. The largest absolute Gasteiger partial charge is 0.388 e. The summed E-state index contributed by atoms with van der Waals surface area (Å²) in [5.41, 5.74) is 1.87. The monoisotopic (exact) mass is 196 g/mol. The highest BCUT2D eigenvalue weighted by Gasteiger charge is 2.09. The average Bonchev–Trinajstić information content (AvgIpc) is 2.04. The molecule has 1 rings (SSSR count). The van der Waals surface area contributed by atoms with Crippen LogP contribution in [0.5, 0.6) is 0 Å². The van der Waals surface area contributed by atoms with Crippen molar-refractivity contribution in [3.05, 3.63) is 47.0 Å². The fourth-order valence-electron chi connectivity index (χ4n) is 1.19. The third-order valence-corrected chi connectivity index (χ3v) is 2.23. The van der Waals surface area contributed by atoms with Gasteiger partial charge in [-0.1, -0.05) is 29.8 Å². The number of aryl methyl sites for hydroxylation is 1. The quantitative estimate of drug-likeness (QED) is 0.736. The molecule has 0 aliphatic rings. The van der Waals surface area contributed by atoms with Crippen LogP contribution in [-0.2, 0) is 0 Å². The van der Waals surface area contributed by atoms with Gasteiger partial charge in [-0.3, -0.25) is 0 Å². The molecule has 0 saturated heterocycles. The van der Waals surface area contributed by atoms with Crippen LogP contribution < -0.4 is 0 Å². The summed E-state index contributed by atoms with van der Waals surface area (Å²) >= 11 is 5.97. The summed E-state index contributed by atoms with van der Waals surface area (Å²) in [6.07, 6.45) is 1.68. The van der Waals surface area contributed by atoms with Crippen LogP contribution in [0.25, 0.3) is 0 Å². The van der Waals surface area contributed by atoms with Crippen LogP contribution in [0.15, 0.2) is 30.9 Å². The molecule has 2 heteroatoms. The highest BCUT2D eigenvalue weighted by atomic mass is 35.5. The fourth-order valence-corrected chi connectivity index (χ4v) is 1.55. The normalized spacial score (nSPS) is 12.5. The second-order valence-electron chi connectivity index (χ2n) is 3.07. The molecular formula is C11H13ClO. The van der Waals surface area contributed by atoms with E-state index in [9.17, 15) is 5.11 Å². The molecule has 1 aromatic carbocycles. The second-order valence-corrected chi connectivity index (χ2v) is 3.47. The summed E-state index contributed by atoms with van der Waals surface area (Å²) in [6, 6.07) is 5.64. The van der Waals surface area contributed by atoms with Crippen molar-refractivity contribution in [3.63, 3.8) is 0 Å². The molecule has 1 aromatic rings.